The Bertz CT molecular complexity index is 2320. The minimum atomic E-state index is -3.76. The van der Waals surface area contributed by atoms with Gasteiger partial charge >= 0.3 is 271 Å². The SMILES string of the molecule is c1ccc2c(c1)cc([O][Ga]([O]c1cc3ccccc3c3cccnc13)[O]c1cc3ccccc3c3cccnc13)c1ncccc12. The Morgan fingerprint density at radius 2 is 0.652 bits per heavy atom. The van der Waals surface area contributed by atoms with Crippen molar-refractivity contribution in [3.8, 4) is 17.2 Å². The molecule has 0 fully saturated rings. The zero-order valence-electron chi connectivity index (χ0n) is 24.5. The van der Waals surface area contributed by atoms with Gasteiger partial charge in [0, 0.05) is 0 Å². The van der Waals surface area contributed by atoms with Crippen molar-refractivity contribution in [3.63, 3.8) is 0 Å². The topological polar surface area (TPSA) is 66.4 Å². The first kappa shape index (κ1) is 26.7. The number of hydrogen-bond acceptors (Lipinski definition) is 6. The average Bonchev–Trinajstić information content (AvgIpc) is 3.12. The molecule has 0 aliphatic rings. The van der Waals surface area contributed by atoms with Crippen LogP contribution in [0.3, 0.4) is 0 Å². The summed E-state index contributed by atoms with van der Waals surface area (Å²) in [7, 11) is 0. The van der Waals surface area contributed by atoms with Crippen LogP contribution in [0.15, 0.2) is 146 Å². The molecule has 0 bridgehead atoms. The minimum absolute atomic E-state index is 0.621. The van der Waals surface area contributed by atoms with E-state index >= 15 is 0 Å². The summed E-state index contributed by atoms with van der Waals surface area (Å²) in [5.74, 6) is 1.86. The third-order valence-corrected chi connectivity index (χ3v) is 11.2. The first-order valence-electron chi connectivity index (χ1n) is 15.1. The molecule has 3 heterocycles. The van der Waals surface area contributed by atoms with Crippen molar-refractivity contribution in [3.05, 3.63) is 146 Å². The molecular formula is C39H24GaN3O3. The molecule has 0 unspecified atom stereocenters. The maximum absolute atomic E-state index is 6.89. The van der Waals surface area contributed by atoms with Gasteiger partial charge in [-0.15, -0.1) is 0 Å². The summed E-state index contributed by atoms with van der Waals surface area (Å²) in [4.78, 5) is 14.2. The monoisotopic (exact) mass is 651 g/mol. The quantitative estimate of drug-likeness (QED) is 0.132. The van der Waals surface area contributed by atoms with Gasteiger partial charge in [-0.1, -0.05) is 0 Å². The van der Waals surface area contributed by atoms with E-state index < -0.39 is 17.3 Å². The molecule has 6 aromatic carbocycles. The van der Waals surface area contributed by atoms with E-state index in [1.807, 2.05) is 72.8 Å². The number of fused-ring (bicyclic) bond motifs is 9. The van der Waals surface area contributed by atoms with E-state index in [1.54, 1.807) is 18.6 Å². The molecule has 0 amide bonds. The van der Waals surface area contributed by atoms with Crippen LogP contribution in [0.25, 0.3) is 65.0 Å². The van der Waals surface area contributed by atoms with Crippen molar-refractivity contribution in [2.45, 2.75) is 0 Å². The molecule has 0 atom stereocenters. The van der Waals surface area contributed by atoms with Crippen molar-refractivity contribution in [1.82, 2.24) is 15.0 Å². The van der Waals surface area contributed by atoms with Crippen LogP contribution >= 0.6 is 0 Å². The zero-order valence-corrected chi connectivity index (χ0v) is 26.9. The molecule has 0 radical (unpaired) electrons. The Hall–Kier alpha value is -5.63. The average molecular weight is 652 g/mol. The van der Waals surface area contributed by atoms with Crippen LogP contribution in [0, 0.1) is 0 Å². The Morgan fingerprint density at radius 1 is 0.348 bits per heavy atom. The first-order valence-corrected chi connectivity index (χ1v) is 18.1. The van der Waals surface area contributed by atoms with Crippen molar-refractivity contribution < 1.29 is 10.6 Å². The number of rotatable bonds is 6. The predicted octanol–water partition coefficient (Wildman–Crippen LogP) is 9.31. The molecule has 3 aromatic heterocycles. The Kier molecular flexibility index (Phi) is 6.43. The fourth-order valence-electron chi connectivity index (χ4n) is 6.34. The number of aromatic nitrogens is 3. The Balaban J connectivity index is 1.23. The molecule has 0 aliphatic heterocycles. The van der Waals surface area contributed by atoms with E-state index in [0.29, 0.717) is 17.2 Å². The van der Waals surface area contributed by atoms with Gasteiger partial charge in [-0.3, -0.25) is 0 Å². The first-order chi connectivity index (χ1) is 22.8. The van der Waals surface area contributed by atoms with E-state index in [1.165, 1.54) is 0 Å². The second-order valence-electron chi connectivity index (χ2n) is 11.1. The van der Waals surface area contributed by atoms with Crippen LogP contribution < -0.4 is 10.6 Å². The molecule has 0 aliphatic carbocycles. The van der Waals surface area contributed by atoms with Gasteiger partial charge < -0.3 is 0 Å². The molecule has 216 valence electrons. The number of benzene rings is 6. The van der Waals surface area contributed by atoms with Crippen LogP contribution in [0.4, 0.5) is 0 Å². The molecular weight excluding hydrogens is 628 g/mol. The Morgan fingerprint density at radius 3 is 1.00 bits per heavy atom. The molecule has 7 heteroatoms. The molecule has 46 heavy (non-hydrogen) atoms. The van der Waals surface area contributed by atoms with Crippen LogP contribution in [0.2, 0.25) is 0 Å². The second kappa shape index (κ2) is 11.1. The third-order valence-electron chi connectivity index (χ3n) is 8.41. The van der Waals surface area contributed by atoms with Gasteiger partial charge in [-0.2, -0.15) is 0 Å². The van der Waals surface area contributed by atoms with Crippen molar-refractivity contribution in [2.24, 2.45) is 0 Å². The van der Waals surface area contributed by atoms with Gasteiger partial charge in [0.1, 0.15) is 0 Å². The van der Waals surface area contributed by atoms with E-state index in [4.69, 9.17) is 25.5 Å². The summed E-state index contributed by atoms with van der Waals surface area (Å²) >= 11 is -3.76. The molecule has 6 nitrogen and oxygen atoms in total. The molecule has 0 spiro atoms. The summed E-state index contributed by atoms with van der Waals surface area (Å²) in [6.45, 7) is 0. The van der Waals surface area contributed by atoms with Crippen LogP contribution in [-0.4, -0.2) is 32.3 Å². The van der Waals surface area contributed by atoms with Crippen molar-refractivity contribution >= 4 is 82.3 Å². The van der Waals surface area contributed by atoms with Crippen LogP contribution in [0.1, 0.15) is 0 Å². The molecule has 9 aromatic rings. The summed E-state index contributed by atoms with van der Waals surface area (Å²) in [5.41, 5.74) is 2.27. The number of hydrogen-bond donors (Lipinski definition) is 0. The van der Waals surface area contributed by atoms with E-state index in [0.717, 1.165) is 65.0 Å². The number of nitrogens with zero attached hydrogens (tertiary/aromatic N) is 3. The summed E-state index contributed by atoms with van der Waals surface area (Å²) in [6.07, 6.45) is 5.36. The van der Waals surface area contributed by atoms with Gasteiger partial charge in [0.05, 0.1) is 0 Å². The molecule has 0 N–H and O–H groups in total. The number of pyridine rings is 3. The molecule has 9 rings (SSSR count). The van der Waals surface area contributed by atoms with Crippen molar-refractivity contribution in [1.29, 1.82) is 0 Å². The van der Waals surface area contributed by atoms with Gasteiger partial charge in [0.2, 0.25) is 0 Å². The normalized spacial score (nSPS) is 11.5. The van der Waals surface area contributed by atoms with Gasteiger partial charge in [0.25, 0.3) is 0 Å². The van der Waals surface area contributed by atoms with E-state index in [2.05, 4.69) is 54.6 Å². The van der Waals surface area contributed by atoms with Crippen molar-refractivity contribution in [2.75, 3.05) is 0 Å². The zero-order chi connectivity index (χ0) is 30.5. The van der Waals surface area contributed by atoms with E-state index in [-0.39, 0.29) is 0 Å². The van der Waals surface area contributed by atoms with Gasteiger partial charge in [0.15, 0.2) is 0 Å². The van der Waals surface area contributed by atoms with E-state index in [9.17, 15) is 0 Å². The summed E-state index contributed by atoms with van der Waals surface area (Å²) < 4.78 is 20.7. The molecule has 0 saturated carbocycles. The van der Waals surface area contributed by atoms with Crippen LogP contribution in [-0.2, 0) is 0 Å². The summed E-state index contributed by atoms with van der Waals surface area (Å²) in [6, 6.07) is 42.9. The predicted molar refractivity (Wildman–Crippen MR) is 185 cm³/mol. The van der Waals surface area contributed by atoms with Gasteiger partial charge in [-0.05, 0) is 0 Å². The van der Waals surface area contributed by atoms with Crippen LogP contribution in [0.5, 0.6) is 17.2 Å². The standard InChI is InChI=1S/3C13H9NO.Ga/c3*15-12-8-9-4-1-2-5-10(9)11-6-3-7-14-13(11)12;/h3*1-8,15H;/q;;;+3/p-3. The molecule has 0 saturated heterocycles. The summed E-state index contributed by atoms with van der Waals surface area (Å²) in [5, 5.41) is 9.50. The fraction of sp³-hybridized carbons (Fsp3) is 0. The van der Waals surface area contributed by atoms with Gasteiger partial charge in [-0.25, -0.2) is 0 Å². The fourth-order valence-corrected chi connectivity index (χ4v) is 9.08. The third kappa shape index (κ3) is 4.56. The second-order valence-corrected chi connectivity index (χ2v) is 13.8. The Labute approximate surface area is 270 Å². The maximum atomic E-state index is 6.89.